The van der Waals surface area contributed by atoms with Gasteiger partial charge in [-0.15, -0.1) is 0 Å². The van der Waals surface area contributed by atoms with Crippen molar-refractivity contribution in [2.24, 2.45) is 0 Å². The molecule has 4 rings (SSSR count). The molecule has 0 bridgehead atoms. The highest BCUT2D eigenvalue weighted by Crippen LogP contribution is 2.43. The highest BCUT2D eigenvalue weighted by molar-refractivity contribution is 6.10. The van der Waals surface area contributed by atoms with Gasteiger partial charge in [-0.25, -0.2) is 0 Å². The van der Waals surface area contributed by atoms with Gasteiger partial charge in [0.2, 0.25) is 5.91 Å². The maximum Gasteiger partial charge on any atom is 0.239 e. The van der Waals surface area contributed by atoms with Gasteiger partial charge in [-0.3, -0.25) is 9.69 Å². The molecule has 0 saturated carbocycles. The number of carbonyl (C=O) groups is 1. The van der Waals surface area contributed by atoms with Crippen molar-refractivity contribution in [2.75, 3.05) is 4.90 Å². The standard InChI is InChI=1S/C22H19NO/c1-16-11-13-17(14-12-16)15-20-19-9-5-6-10-21(19)23(22(20)24)18-7-3-2-4-8-18/h2-14,20H,15H2,1H3/t20-/m0/s1. The van der Waals surface area contributed by atoms with Crippen molar-refractivity contribution >= 4 is 17.3 Å². The number of rotatable bonds is 3. The van der Waals surface area contributed by atoms with Gasteiger partial charge in [0.25, 0.3) is 0 Å². The summed E-state index contributed by atoms with van der Waals surface area (Å²) in [4.78, 5) is 15.0. The van der Waals surface area contributed by atoms with E-state index in [4.69, 9.17) is 0 Å². The molecule has 24 heavy (non-hydrogen) atoms. The maximum atomic E-state index is 13.2. The van der Waals surface area contributed by atoms with Crippen molar-refractivity contribution in [1.29, 1.82) is 0 Å². The summed E-state index contributed by atoms with van der Waals surface area (Å²) in [5, 5.41) is 0. The van der Waals surface area contributed by atoms with E-state index in [1.54, 1.807) is 0 Å². The van der Waals surface area contributed by atoms with Crippen LogP contribution in [0.4, 0.5) is 11.4 Å². The van der Waals surface area contributed by atoms with Gasteiger partial charge in [0.05, 0.1) is 11.6 Å². The fourth-order valence-electron chi connectivity index (χ4n) is 3.39. The predicted octanol–water partition coefficient (Wildman–Crippen LogP) is 5.00. The second-order valence-electron chi connectivity index (χ2n) is 6.31. The Labute approximate surface area is 142 Å². The lowest BCUT2D eigenvalue weighted by Gasteiger charge is -2.18. The van der Waals surface area contributed by atoms with E-state index in [1.807, 2.05) is 53.4 Å². The van der Waals surface area contributed by atoms with E-state index in [0.29, 0.717) is 0 Å². The first-order valence-corrected chi connectivity index (χ1v) is 8.27. The zero-order valence-corrected chi connectivity index (χ0v) is 13.6. The Morgan fingerprint density at radius 3 is 2.25 bits per heavy atom. The van der Waals surface area contributed by atoms with Crippen LogP contribution in [0.25, 0.3) is 0 Å². The van der Waals surface area contributed by atoms with Crippen LogP contribution in [-0.2, 0) is 11.2 Å². The average molecular weight is 313 g/mol. The van der Waals surface area contributed by atoms with Crippen LogP contribution in [0.2, 0.25) is 0 Å². The minimum absolute atomic E-state index is 0.121. The van der Waals surface area contributed by atoms with Crippen LogP contribution in [0.1, 0.15) is 22.6 Å². The number of hydrogen-bond donors (Lipinski definition) is 0. The molecule has 0 aliphatic carbocycles. The van der Waals surface area contributed by atoms with Crippen molar-refractivity contribution < 1.29 is 4.79 Å². The first-order valence-electron chi connectivity index (χ1n) is 8.27. The third-order valence-electron chi connectivity index (χ3n) is 4.65. The van der Waals surface area contributed by atoms with Gasteiger partial charge < -0.3 is 0 Å². The fraction of sp³-hybridized carbons (Fsp3) is 0.136. The van der Waals surface area contributed by atoms with Crippen LogP contribution < -0.4 is 4.90 Å². The van der Waals surface area contributed by atoms with Crippen molar-refractivity contribution in [1.82, 2.24) is 0 Å². The van der Waals surface area contributed by atoms with Crippen LogP contribution in [-0.4, -0.2) is 5.91 Å². The summed E-state index contributed by atoms with van der Waals surface area (Å²) in [5.74, 6) is 0.0343. The van der Waals surface area contributed by atoms with E-state index in [1.165, 1.54) is 11.1 Å². The quantitative estimate of drug-likeness (QED) is 0.666. The van der Waals surface area contributed by atoms with E-state index in [2.05, 4.69) is 37.3 Å². The molecule has 1 heterocycles. The Morgan fingerprint density at radius 1 is 0.833 bits per heavy atom. The Balaban J connectivity index is 1.74. The smallest absolute Gasteiger partial charge is 0.239 e. The fourth-order valence-corrected chi connectivity index (χ4v) is 3.39. The molecule has 2 nitrogen and oxygen atoms in total. The molecule has 1 amide bonds. The lowest BCUT2D eigenvalue weighted by atomic mass is 9.93. The van der Waals surface area contributed by atoms with Crippen molar-refractivity contribution in [3.05, 3.63) is 95.6 Å². The van der Waals surface area contributed by atoms with Gasteiger partial charge in [-0.1, -0.05) is 66.2 Å². The van der Waals surface area contributed by atoms with Gasteiger partial charge >= 0.3 is 0 Å². The molecule has 0 N–H and O–H groups in total. The molecule has 118 valence electrons. The summed E-state index contributed by atoms with van der Waals surface area (Å²) in [6, 6.07) is 26.5. The second kappa shape index (κ2) is 5.97. The highest BCUT2D eigenvalue weighted by atomic mass is 16.2. The molecule has 0 radical (unpaired) electrons. The van der Waals surface area contributed by atoms with Crippen LogP contribution >= 0.6 is 0 Å². The van der Waals surface area contributed by atoms with Gasteiger partial charge in [0.15, 0.2) is 0 Å². The topological polar surface area (TPSA) is 20.3 Å². The number of carbonyl (C=O) groups excluding carboxylic acids is 1. The third kappa shape index (κ3) is 2.50. The molecular formula is C22H19NO. The molecule has 1 aliphatic heterocycles. The summed E-state index contributed by atoms with van der Waals surface area (Å²) >= 11 is 0. The molecule has 0 spiro atoms. The van der Waals surface area contributed by atoms with Crippen molar-refractivity contribution in [3.8, 4) is 0 Å². The molecule has 0 saturated heterocycles. The van der Waals surface area contributed by atoms with Gasteiger partial charge in [0.1, 0.15) is 0 Å². The minimum Gasteiger partial charge on any atom is -0.280 e. The van der Waals surface area contributed by atoms with Gasteiger partial charge in [-0.2, -0.15) is 0 Å². The lowest BCUT2D eigenvalue weighted by molar-refractivity contribution is -0.118. The Bertz CT molecular complexity index is 868. The number of hydrogen-bond acceptors (Lipinski definition) is 1. The first kappa shape index (κ1) is 14.7. The molecule has 1 atom stereocenters. The number of benzene rings is 3. The van der Waals surface area contributed by atoms with Crippen molar-refractivity contribution in [3.63, 3.8) is 0 Å². The summed E-state index contributed by atoms with van der Waals surface area (Å²) in [6.07, 6.45) is 0.736. The Kier molecular flexibility index (Phi) is 3.66. The summed E-state index contributed by atoms with van der Waals surface area (Å²) in [7, 11) is 0. The second-order valence-corrected chi connectivity index (χ2v) is 6.31. The number of anilines is 2. The number of fused-ring (bicyclic) bond motifs is 1. The number of nitrogens with zero attached hydrogens (tertiary/aromatic N) is 1. The van der Waals surface area contributed by atoms with Crippen LogP contribution in [0, 0.1) is 6.92 Å². The lowest BCUT2D eigenvalue weighted by Crippen LogP contribution is -2.24. The summed E-state index contributed by atoms with van der Waals surface area (Å²) in [5.41, 5.74) is 5.49. The monoisotopic (exact) mass is 313 g/mol. The van der Waals surface area contributed by atoms with E-state index in [-0.39, 0.29) is 11.8 Å². The zero-order chi connectivity index (χ0) is 16.5. The SMILES string of the molecule is Cc1ccc(C[C@@H]2C(=O)N(c3ccccc3)c3ccccc32)cc1. The Morgan fingerprint density at radius 2 is 1.50 bits per heavy atom. The number of amides is 1. The normalized spacial score (nSPS) is 16.3. The van der Waals surface area contributed by atoms with Crippen LogP contribution in [0.3, 0.4) is 0 Å². The zero-order valence-electron chi connectivity index (χ0n) is 13.6. The maximum absolute atomic E-state index is 13.2. The van der Waals surface area contributed by atoms with Gasteiger partial charge in [-0.05, 0) is 42.7 Å². The molecular weight excluding hydrogens is 294 g/mol. The molecule has 3 aromatic rings. The van der Waals surface area contributed by atoms with Crippen LogP contribution in [0.5, 0.6) is 0 Å². The number of para-hydroxylation sites is 2. The highest BCUT2D eigenvalue weighted by Gasteiger charge is 2.37. The summed E-state index contributed by atoms with van der Waals surface area (Å²) in [6.45, 7) is 2.08. The van der Waals surface area contributed by atoms with E-state index in [9.17, 15) is 4.79 Å². The summed E-state index contributed by atoms with van der Waals surface area (Å²) < 4.78 is 0. The molecule has 0 aromatic heterocycles. The van der Waals surface area contributed by atoms with Crippen molar-refractivity contribution in [2.45, 2.75) is 19.3 Å². The Hall–Kier alpha value is -2.87. The van der Waals surface area contributed by atoms with E-state index in [0.717, 1.165) is 23.4 Å². The first-order chi connectivity index (χ1) is 11.7. The average Bonchev–Trinajstić information content (AvgIpc) is 2.90. The molecule has 2 heteroatoms. The predicted molar refractivity (Wildman–Crippen MR) is 97.7 cm³/mol. The molecule has 3 aromatic carbocycles. The third-order valence-corrected chi connectivity index (χ3v) is 4.65. The largest absolute Gasteiger partial charge is 0.280 e. The number of aryl methyl sites for hydroxylation is 1. The van der Waals surface area contributed by atoms with E-state index < -0.39 is 0 Å². The molecule has 1 aliphatic rings. The molecule has 0 unspecified atom stereocenters. The van der Waals surface area contributed by atoms with Gasteiger partial charge in [0, 0.05) is 5.69 Å². The molecule has 0 fully saturated rings. The van der Waals surface area contributed by atoms with E-state index >= 15 is 0 Å². The minimum atomic E-state index is -0.121. The van der Waals surface area contributed by atoms with Crippen LogP contribution in [0.15, 0.2) is 78.9 Å².